The number of nitrogens with one attached hydrogen (secondary N) is 1. The number of hydrogen-bond donors (Lipinski definition) is 1. The molecule has 1 atom stereocenters. The summed E-state index contributed by atoms with van der Waals surface area (Å²) >= 11 is 0. The molecular formula is C18H33NO2. The van der Waals surface area contributed by atoms with E-state index in [4.69, 9.17) is 9.47 Å². The topological polar surface area (TPSA) is 30.5 Å². The van der Waals surface area contributed by atoms with Gasteiger partial charge in [-0.15, -0.1) is 0 Å². The van der Waals surface area contributed by atoms with Gasteiger partial charge in [-0.05, 0) is 50.5 Å². The van der Waals surface area contributed by atoms with Gasteiger partial charge in [-0.3, -0.25) is 0 Å². The molecule has 0 amide bonds. The van der Waals surface area contributed by atoms with E-state index in [9.17, 15) is 0 Å². The molecule has 0 aromatic carbocycles. The maximum absolute atomic E-state index is 6.12. The lowest BCUT2D eigenvalue weighted by Crippen LogP contribution is -2.50. The molecule has 122 valence electrons. The maximum Gasteiger partial charge on any atom is 0.0741 e. The predicted molar refractivity (Wildman–Crippen MR) is 85.5 cm³/mol. The lowest BCUT2D eigenvalue weighted by molar-refractivity contribution is -0.140. The fourth-order valence-corrected chi connectivity index (χ4v) is 4.40. The average Bonchev–Trinajstić information content (AvgIpc) is 2.50. The molecule has 3 heteroatoms. The van der Waals surface area contributed by atoms with Crippen molar-refractivity contribution in [1.29, 1.82) is 0 Å². The first-order chi connectivity index (χ1) is 10.3. The van der Waals surface area contributed by atoms with E-state index >= 15 is 0 Å². The molecule has 0 aromatic heterocycles. The van der Waals surface area contributed by atoms with Crippen LogP contribution in [0.3, 0.4) is 0 Å². The third kappa shape index (κ3) is 4.43. The smallest absolute Gasteiger partial charge is 0.0741 e. The minimum atomic E-state index is 0.133. The van der Waals surface area contributed by atoms with Crippen molar-refractivity contribution in [1.82, 2.24) is 5.32 Å². The first-order valence-corrected chi connectivity index (χ1v) is 9.21. The Kier molecular flexibility index (Phi) is 5.58. The van der Waals surface area contributed by atoms with Gasteiger partial charge < -0.3 is 14.8 Å². The Bertz CT molecular complexity index is 301. The summed E-state index contributed by atoms with van der Waals surface area (Å²) in [4.78, 5) is 0. The zero-order valence-electron chi connectivity index (χ0n) is 13.7. The molecule has 3 nitrogen and oxygen atoms in total. The molecule has 1 unspecified atom stereocenters. The van der Waals surface area contributed by atoms with Crippen molar-refractivity contribution in [3.63, 3.8) is 0 Å². The van der Waals surface area contributed by atoms with Crippen LogP contribution in [0, 0.1) is 11.8 Å². The molecule has 1 N–H and O–H groups in total. The van der Waals surface area contributed by atoms with Crippen LogP contribution in [0.15, 0.2) is 0 Å². The van der Waals surface area contributed by atoms with Crippen LogP contribution in [0.5, 0.6) is 0 Å². The molecule has 3 aliphatic rings. The summed E-state index contributed by atoms with van der Waals surface area (Å²) in [6, 6.07) is 0.666. The summed E-state index contributed by atoms with van der Waals surface area (Å²) in [6.07, 6.45) is 11.7. The third-order valence-corrected chi connectivity index (χ3v) is 6.02. The maximum atomic E-state index is 6.12. The predicted octanol–water partition coefficient (Wildman–Crippen LogP) is 3.52. The lowest BCUT2D eigenvalue weighted by Gasteiger charge is -2.43. The van der Waals surface area contributed by atoms with Gasteiger partial charge in [0, 0.05) is 25.9 Å². The van der Waals surface area contributed by atoms with Gasteiger partial charge >= 0.3 is 0 Å². The summed E-state index contributed by atoms with van der Waals surface area (Å²) in [7, 11) is 0. The van der Waals surface area contributed by atoms with Gasteiger partial charge in [0.15, 0.2) is 0 Å². The minimum absolute atomic E-state index is 0.133. The van der Waals surface area contributed by atoms with Gasteiger partial charge in [-0.2, -0.15) is 0 Å². The van der Waals surface area contributed by atoms with Crippen LogP contribution < -0.4 is 5.32 Å². The van der Waals surface area contributed by atoms with E-state index in [1.807, 2.05) is 0 Å². The second kappa shape index (κ2) is 7.43. The van der Waals surface area contributed by atoms with Crippen LogP contribution in [0.2, 0.25) is 0 Å². The lowest BCUT2D eigenvalue weighted by atomic mass is 9.81. The fraction of sp³-hybridized carbons (Fsp3) is 1.00. The van der Waals surface area contributed by atoms with Crippen LogP contribution in [-0.4, -0.2) is 38.0 Å². The highest BCUT2D eigenvalue weighted by Gasteiger charge is 2.38. The first kappa shape index (κ1) is 15.8. The SMILES string of the molecule is CC1CCC(CCNC2CCOC3(CCOCC3)C2)CC1. The molecule has 3 rings (SSSR count). The van der Waals surface area contributed by atoms with Crippen molar-refractivity contribution in [3.8, 4) is 0 Å². The molecular weight excluding hydrogens is 262 g/mol. The number of ether oxygens (including phenoxy) is 2. The van der Waals surface area contributed by atoms with Crippen molar-refractivity contribution in [2.45, 2.75) is 76.4 Å². The van der Waals surface area contributed by atoms with Crippen molar-refractivity contribution < 1.29 is 9.47 Å². The van der Waals surface area contributed by atoms with Crippen LogP contribution >= 0.6 is 0 Å². The van der Waals surface area contributed by atoms with Gasteiger partial charge in [0.05, 0.1) is 5.60 Å². The van der Waals surface area contributed by atoms with Crippen LogP contribution in [0.4, 0.5) is 0 Å². The molecule has 0 aromatic rings. The second-order valence-corrected chi connectivity index (χ2v) is 7.70. The second-order valence-electron chi connectivity index (χ2n) is 7.70. The van der Waals surface area contributed by atoms with E-state index < -0.39 is 0 Å². The Hall–Kier alpha value is -0.120. The van der Waals surface area contributed by atoms with E-state index in [0.717, 1.165) is 44.5 Å². The number of hydrogen-bond acceptors (Lipinski definition) is 3. The third-order valence-electron chi connectivity index (χ3n) is 6.02. The molecule has 1 aliphatic carbocycles. The molecule has 2 heterocycles. The molecule has 1 saturated carbocycles. The summed E-state index contributed by atoms with van der Waals surface area (Å²) in [5, 5.41) is 3.83. The Morgan fingerprint density at radius 3 is 2.52 bits per heavy atom. The van der Waals surface area contributed by atoms with E-state index in [1.54, 1.807) is 0 Å². The van der Waals surface area contributed by atoms with Crippen LogP contribution in [0.25, 0.3) is 0 Å². The molecule has 2 saturated heterocycles. The van der Waals surface area contributed by atoms with Gasteiger partial charge in [0.25, 0.3) is 0 Å². The zero-order valence-corrected chi connectivity index (χ0v) is 13.7. The van der Waals surface area contributed by atoms with E-state index in [0.29, 0.717) is 6.04 Å². The van der Waals surface area contributed by atoms with Crippen molar-refractivity contribution in [3.05, 3.63) is 0 Å². The van der Waals surface area contributed by atoms with Gasteiger partial charge in [0.2, 0.25) is 0 Å². The van der Waals surface area contributed by atoms with E-state index in [-0.39, 0.29) is 5.60 Å². The molecule has 1 spiro atoms. The molecule has 0 bridgehead atoms. The normalized spacial score (nSPS) is 36.7. The monoisotopic (exact) mass is 295 g/mol. The van der Waals surface area contributed by atoms with Gasteiger partial charge in [-0.25, -0.2) is 0 Å². The van der Waals surface area contributed by atoms with Crippen molar-refractivity contribution in [2.75, 3.05) is 26.4 Å². The fourth-order valence-electron chi connectivity index (χ4n) is 4.40. The Morgan fingerprint density at radius 1 is 1.00 bits per heavy atom. The highest BCUT2D eigenvalue weighted by atomic mass is 16.5. The Morgan fingerprint density at radius 2 is 1.76 bits per heavy atom. The molecule has 21 heavy (non-hydrogen) atoms. The van der Waals surface area contributed by atoms with E-state index in [1.165, 1.54) is 51.5 Å². The standard InChI is InChI=1S/C18H33NO2/c1-15-2-4-16(5-3-15)6-10-19-17-7-11-21-18(14-17)8-12-20-13-9-18/h15-17,19H,2-14H2,1H3. The summed E-state index contributed by atoms with van der Waals surface area (Å²) in [6.45, 7) is 6.30. The highest BCUT2D eigenvalue weighted by molar-refractivity contribution is 4.91. The Balaban J connectivity index is 1.37. The Labute approximate surface area is 130 Å². The zero-order chi connectivity index (χ0) is 14.5. The van der Waals surface area contributed by atoms with E-state index in [2.05, 4.69) is 12.2 Å². The summed E-state index contributed by atoms with van der Waals surface area (Å²) in [5.74, 6) is 1.95. The molecule has 0 radical (unpaired) electrons. The average molecular weight is 295 g/mol. The summed E-state index contributed by atoms with van der Waals surface area (Å²) < 4.78 is 11.6. The number of rotatable bonds is 4. The van der Waals surface area contributed by atoms with Gasteiger partial charge in [-0.1, -0.05) is 32.6 Å². The minimum Gasteiger partial charge on any atom is -0.381 e. The van der Waals surface area contributed by atoms with Gasteiger partial charge in [0.1, 0.15) is 0 Å². The molecule has 2 aliphatic heterocycles. The molecule has 3 fully saturated rings. The highest BCUT2D eigenvalue weighted by Crippen LogP contribution is 2.34. The quantitative estimate of drug-likeness (QED) is 0.861. The van der Waals surface area contributed by atoms with Crippen LogP contribution in [0.1, 0.15) is 64.7 Å². The summed E-state index contributed by atoms with van der Waals surface area (Å²) in [5.41, 5.74) is 0.133. The van der Waals surface area contributed by atoms with Crippen molar-refractivity contribution in [2.24, 2.45) is 11.8 Å². The largest absolute Gasteiger partial charge is 0.381 e. The van der Waals surface area contributed by atoms with Crippen LogP contribution in [-0.2, 0) is 9.47 Å². The van der Waals surface area contributed by atoms with Crippen molar-refractivity contribution >= 4 is 0 Å². The first-order valence-electron chi connectivity index (χ1n) is 9.21.